The highest BCUT2D eigenvalue weighted by atomic mass is 32.2. The van der Waals surface area contributed by atoms with Gasteiger partial charge in [-0.25, -0.2) is 0 Å². The molecule has 23 heavy (non-hydrogen) atoms. The zero-order valence-corrected chi connectivity index (χ0v) is 13.9. The lowest BCUT2D eigenvalue weighted by Gasteiger charge is -2.29. The van der Waals surface area contributed by atoms with Crippen molar-refractivity contribution in [3.63, 3.8) is 0 Å². The maximum atomic E-state index is 12.4. The van der Waals surface area contributed by atoms with E-state index >= 15 is 0 Å². The Morgan fingerprint density at radius 2 is 1.74 bits per heavy atom. The molecule has 0 bridgehead atoms. The van der Waals surface area contributed by atoms with Crippen molar-refractivity contribution in [3.05, 3.63) is 71.8 Å². The Morgan fingerprint density at radius 3 is 2.39 bits per heavy atom. The minimum atomic E-state index is -0.730. The quantitative estimate of drug-likeness (QED) is 0.912. The van der Waals surface area contributed by atoms with Gasteiger partial charge in [-0.1, -0.05) is 60.7 Å². The van der Waals surface area contributed by atoms with E-state index in [1.54, 1.807) is 16.7 Å². The van der Waals surface area contributed by atoms with Crippen LogP contribution in [0.25, 0.3) is 0 Å². The van der Waals surface area contributed by atoms with Crippen LogP contribution in [0.2, 0.25) is 0 Å². The van der Waals surface area contributed by atoms with Gasteiger partial charge in [-0.2, -0.15) is 0 Å². The molecule has 4 heteroatoms. The predicted octanol–water partition coefficient (Wildman–Crippen LogP) is 3.60. The number of hydrogen-bond acceptors (Lipinski definition) is 3. The van der Waals surface area contributed by atoms with Crippen LogP contribution in [-0.4, -0.2) is 27.4 Å². The van der Waals surface area contributed by atoms with E-state index in [1.165, 1.54) is 5.56 Å². The zero-order valence-electron chi connectivity index (χ0n) is 13.1. The highest BCUT2D eigenvalue weighted by Gasteiger charge is 2.41. The van der Waals surface area contributed by atoms with Crippen molar-refractivity contribution < 1.29 is 9.90 Å². The molecule has 3 nitrogen and oxygen atoms in total. The number of carbonyl (C=O) groups excluding carboxylic acids is 1. The minimum Gasteiger partial charge on any atom is -0.372 e. The third kappa shape index (κ3) is 3.59. The van der Waals surface area contributed by atoms with E-state index in [1.807, 2.05) is 55.5 Å². The first-order valence-corrected chi connectivity index (χ1v) is 8.91. The molecule has 3 rings (SSSR count). The van der Waals surface area contributed by atoms with E-state index in [9.17, 15) is 9.90 Å². The molecule has 0 aromatic heterocycles. The SMILES string of the molecule is C[C@@H](c1ccccc1)N1C(=O)CC(SCc2ccccc2)C1O. The molecule has 1 heterocycles. The Kier molecular flexibility index (Phi) is 5.03. The monoisotopic (exact) mass is 327 g/mol. The first-order chi connectivity index (χ1) is 11.2. The molecule has 1 aliphatic rings. The molecule has 0 aliphatic carbocycles. The van der Waals surface area contributed by atoms with Crippen molar-refractivity contribution >= 4 is 17.7 Å². The highest BCUT2D eigenvalue weighted by molar-refractivity contribution is 7.99. The second-order valence-electron chi connectivity index (χ2n) is 5.84. The van der Waals surface area contributed by atoms with Gasteiger partial charge in [-0.3, -0.25) is 4.79 Å². The van der Waals surface area contributed by atoms with Crippen LogP contribution in [0.15, 0.2) is 60.7 Å². The third-order valence-corrected chi connectivity index (χ3v) is 5.63. The molecule has 2 aromatic rings. The molecule has 2 aromatic carbocycles. The second-order valence-corrected chi connectivity index (χ2v) is 7.07. The van der Waals surface area contributed by atoms with Crippen LogP contribution in [0.1, 0.15) is 30.5 Å². The summed E-state index contributed by atoms with van der Waals surface area (Å²) in [6.45, 7) is 1.97. The summed E-state index contributed by atoms with van der Waals surface area (Å²) in [6.07, 6.45) is -0.332. The van der Waals surface area contributed by atoms with Crippen LogP contribution in [0.4, 0.5) is 0 Å². The number of likely N-dealkylation sites (tertiary alicyclic amines) is 1. The number of aliphatic hydroxyl groups excluding tert-OH is 1. The lowest BCUT2D eigenvalue weighted by molar-refractivity contribution is -0.136. The van der Waals surface area contributed by atoms with Gasteiger partial charge in [-0.15, -0.1) is 11.8 Å². The average Bonchev–Trinajstić information content (AvgIpc) is 2.88. The van der Waals surface area contributed by atoms with Gasteiger partial charge in [0, 0.05) is 12.2 Å². The minimum absolute atomic E-state index is 0.0272. The van der Waals surface area contributed by atoms with E-state index in [4.69, 9.17) is 0 Å². The summed E-state index contributed by atoms with van der Waals surface area (Å²) < 4.78 is 0. The van der Waals surface area contributed by atoms with Crippen molar-refractivity contribution in [2.24, 2.45) is 0 Å². The summed E-state index contributed by atoms with van der Waals surface area (Å²) >= 11 is 1.65. The Balaban J connectivity index is 1.66. The van der Waals surface area contributed by atoms with Crippen LogP contribution >= 0.6 is 11.8 Å². The highest BCUT2D eigenvalue weighted by Crippen LogP contribution is 2.36. The molecule has 2 unspecified atom stereocenters. The van der Waals surface area contributed by atoms with Crippen LogP contribution in [-0.2, 0) is 10.5 Å². The molecule has 0 radical (unpaired) electrons. The first kappa shape index (κ1) is 16.1. The lowest BCUT2D eigenvalue weighted by atomic mass is 10.1. The van der Waals surface area contributed by atoms with Crippen molar-refractivity contribution in [2.75, 3.05) is 0 Å². The van der Waals surface area contributed by atoms with Gasteiger partial charge < -0.3 is 10.0 Å². The number of thioether (sulfide) groups is 1. The van der Waals surface area contributed by atoms with Crippen LogP contribution in [0, 0.1) is 0 Å². The normalized spacial score (nSPS) is 22.3. The molecule has 1 fully saturated rings. The number of benzene rings is 2. The summed E-state index contributed by atoms with van der Waals surface area (Å²) in [4.78, 5) is 14.0. The number of amides is 1. The Bertz CT molecular complexity index is 647. The zero-order chi connectivity index (χ0) is 16.2. The molecule has 0 spiro atoms. The number of carbonyl (C=O) groups is 1. The maximum absolute atomic E-state index is 12.4. The van der Waals surface area contributed by atoms with Gasteiger partial charge in [0.2, 0.25) is 5.91 Å². The topological polar surface area (TPSA) is 40.5 Å². The summed E-state index contributed by atoms with van der Waals surface area (Å²) in [5.41, 5.74) is 2.26. The molecule has 1 saturated heterocycles. The Labute approximate surface area is 141 Å². The Morgan fingerprint density at radius 1 is 1.13 bits per heavy atom. The van der Waals surface area contributed by atoms with Crippen LogP contribution < -0.4 is 0 Å². The average molecular weight is 327 g/mol. The number of nitrogens with zero attached hydrogens (tertiary/aromatic N) is 1. The van der Waals surface area contributed by atoms with E-state index in [2.05, 4.69) is 12.1 Å². The molecule has 1 N–H and O–H groups in total. The van der Waals surface area contributed by atoms with Gasteiger partial charge in [0.05, 0.1) is 11.3 Å². The van der Waals surface area contributed by atoms with Crippen molar-refractivity contribution in [3.8, 4) is 0 Å². The van der Waals surface area contributed by atoms with E-state index in [0.29, 0.717) is 6.42 Å². The number of rotatable bonds is 5. The van der Waals surface area contributed by atoms with Crippen molar-refractivity contribution in [1.82, 2.24) is 4.90 Å². The second kappa shape index (κ2) is 7.20. The molecule has 3 atom stereocenters. The summed E-state index contributed by atoms with van der Waals surface area (Å²) in [7, 11) is 0. The van der Waals surface area contributed by atoms with Gasteiger partial charge in [0.1, 0.15) is 6.23 Å². The number of aliphatic hydroxyl groups is 1. The number of hydrogen-bond donors (Lipinski definition) is 1. The largest absolute Gasteiger partial charge is 0.372 e. The van der Waals surface area contributed by atoms with Crippen LogP contribution in [0.3, 0.4) is 0 Å². The Hall–Kier alpha value is -1.78. The molecular formula is C19H21NO2S. The molecule has 1 amide bonds. The first-order valence-electron chi connectivity index (χ1n) is 7.86. The molecule has 1 aliphatic heterocycles. The van der Waals surface area contributed by atoms with Gasteiger partial charge >= 0.3 is 0 Å². The van der Waals surface area contributed by atoms with Gasteiger partial charge in [0.25, 0.3) is 0 Å². The fraction of sp³-hybridized carbons (Fsp3) is 0.316. The lowest BCUT2D eigenvalue weighted by Crippen LogP contribution is -2.38. The predicted molar refractivity (Wildman–Crippen MR) is 93.9 cm³/mol. The van der Waals surface area contributed by atoms with Crippen molar-refractivity contribution in [2.45, 2.75) is 36.6 Å². The van der Waals surface area contributed by atoms with E-state index in [0.717, 1.165) is 11.3 Å². The summed E-state index contributed by atoms with van der Waals surface area (Å²) in [5.74, 6) is 0.836. The smallest absolute Gasteiger partial charge is 0.226 e. The maximum Gasteiger partial charge on any atom is 0.226 e. The van der Waals surface area contributed by atoms with E-state index in [-0.39, 0.29) is 17.2 Å². The molecule has 120 valence electrons. The molecular weight excluding hydrogens is 306 g/mol. The summed E-state index contributed by atoms with van der Waals surface area (Å²) in [6, 6.07) is 19.9. The van der Waals surface area contributed by atoms with Crippen molar-refractivity contribution in [1.29, 1.82) is 0 Å². The standard InChI is InChI=1S/C19H21NO2S/c1-14(16-10-6-3-7-11-16)20-18(21)12-17(19(20)22)23-13-15-8-4-2-5-9-15/h2-11,14,17,19,22H,12-13H2,1H3/t14-,17?,19?/m0/s1. The van der Waals surface area contributed by atoms with Gasteiger partial charge in [-0.05, 0) is 18.1 Å². The van der Waals surface area contributed by atoms with Gasteiger partial charge in [0.15, 0.2) is 0 Å². The fourth-order valence-electron chi connectivity index (χ4n) is 2.97. The third-order valence-electron chi connectivity index (χ3n) is 4.29. The molecule has 0 saturated carbocycles. The van der Waals surface area contributed by atoms with E-state index < -0.39 is 6.23 Å². The fourth-order valence-corrected chi connectivity index (χ4v) is 4.13. The van der Waals surface area contributed by atoms with Crippen LogP contribution in [0.5, 0.6) is 0 Å². The summed E-state index contributed by atoms with van der Waals surface area (Å²) in [5, 5.41) is 10.5.